The summed E-state index contributed by atoms with van der Waals surface area (Å²) in [6.45, 7) is 5.47. The second-order valence-electron chi connectivity index (χ2n) is 5.33. The molecule has 7 nitrogen and oxygen atoms in total. The topological polar surface area (TPSA) is 80.6 Å². The number of aliphatic imine (C=N–C) groups is 2. The van der Waals surface area contributed by atoms with Gasteiger partial charge in [0.2, 0.25) is 0 Å². The lowest BCUT2D eigenvalue weighted by atomic mass is 10.1. The molecule has 8 heteroatoms. The number of carbonyl (C=O) groups excluding carboxylic acids is 2. The summed E-state index contributed by atoms with van der Waals surface area (Å²) in [5, 5.41) is 1.01. The minimum Gasteiger partial charge on any atom is -0.465 e. The summed E-state index contributed by atoms with van der Waals surface area (Å²) in [6.07, 6.45) is 1.29. The van der Waals surface area contributed by atoms with E-state index in [1.54, 1.807) is 25.6 Å². The molecule has 2 heterocycles. The average Bonchev–Trinajstić information content (AvgIpc) is 3.16. The molecule has 25 heavy (non-hydrogen) atoms. The molecular formula is C17H19N3O4S. The van der Waals surface area contributed by atoms with E-state index in [9.17, 15) is 9.59 Å². The molecule has 0 radical (unpaired) electrons. The third-order valence-electron chi connectivity index (χ3n) is 3.69. The van der Waals surface area contributed by atoms with Gasteiger partial charge in [0, 0.05) is 17.7 Å². The highest BCUT2D eigenvalue weighted by Crippen LogP contribution is 2.43. The van der Waals surface area contributed by atoms with Gasteiger partial charge in [-0.25, -0.2) is 0 Å². The first-order chi connectivity index (χ1) is 12.1. The van der Waals surface area contributed by atoms with Crippen LogP contribution in [0.5, 0.6) is 0 Å². The van der Waals surface area contributed by atoms with Gasteiger partial charge in [0.25, 0.3) is 0 Å². The lowest BCUT2D eigenvalue weighted by molar-refractivity contribution is -0.157. The molecule has 0 unspecified atom stereocenters. The number of carbonyl (C=O) groups is 2. The molecule has 3 rings (SSSR count). The highest BCUT2D eigenvalue weighted by atomic mass is 32.2. The predicted octanol–water partition coefficient (Wildman–Crippen LogP) is 2.41. The van der Waals surface area contributed by atoms with Crippen LogP contribution in [-0.4, -0.2) is 49.6 Å². The number of rotatable bonds is 6. The van der Waals surface area contributed by atoms with Crippen LogP contribution in [0.2, 0.25) is 0 Å². The first-order valence-corrected chi connectivity index (χ1v) is 8.97. The Morgan fingerprint density at radius 1 is 1.32 bits per heavy atom. The molecule has 2 aliphatic heterocycles. The zero-order valence-electron chi connectivity index (χ0n) is 14.1. The van der Waals surface area contributed by atoms with Crippen LogP contribution in [0.15, 0.2) is 33.1 Å². The molecular weight excluding hydrogens is 342 g/mol. The van der Waals surface area contributed by atoms with Crippen molar-refractivity contribution in [1.29, 1.82) is 0 Å². The van der Waals surface area contributed by atoms with E-state index in [1.165, 1.54) is 6.21 Å². The molecule has 0 N–H and O–H groups in total. The Hall–Kier alpha value is -2.35. The van der Waals surface area contributed by atoms with Gasteiger partial charge >= 0.3 is 11.9 Å². The molecule has 0 atom stereocenters. The van der Waals surface area contributed by atoms with Crippen LogP contribution in [0.4, 0.5) is 11.4 Å². The highest BCUT2D eigenvalue weighted by molar-refractivity contribution is 8.14. The SMILES string of the molecule is CCOC(=O)C(C=Nc1ccc2c(c1)SC1=NCCN12)C(=O)OCC. The molecule has 0 saturated heterocycles. The van der Waals surface area contributed by atoms with Gasteiger partial charge in [-0.15, -0.1) is 0 Å². The molecule has 1 aromatic rings. The van der Waals surface area contributed by atoms with Gasteiger partial charge in [0.1, 0.15) is 0 Å². The van der Waals surface area contributed by atoms with Crippen molar-refractivity contribution < 1.29 is 19.1 Å². The predicted molar refractivity (Wildman–Crippen MR) is 96.9 cm³/mol. The quantitative estimate of drug-likeness (QED) is 0.440. The number of esters is 2. The van der Waals surface area contributed by atoms with Crippen LogP contribution in [-0.2, 0) is 19.1 Å². The number of thioether (sulfide) groups is 1. The fourth-order valence-corrected chi connectivity index (χ4v) is 3.68. The Labute approximate surface area is 150 Å². The van der Waals surface area contributed by atoms with Crippen molar-refractivity contribution in [1.82, 2.24) is 0 Å². The second kappa shape index (κ2) is 7.69. The van der Waals surface area contributed by atoms with Crippen molar-refractivity contribution in [2.24, 2.45) is 15.9 Å². The van der Waals surface area contributed by atoms with E-state index in [0.717, 1.165) is 28.8 Å². The molecule has 0 aliphatic carbocycles. The Balaban J connectivity index is 1.78. The number of fused-ring (bicyclic) bond motifs is 3. The van der Waals surface area contributed by atoms with Crippen LogP contribution < -0.4 is 4.90 Å². The summed E-state index contributed by atoms with van der Waals surface area (Å²) >= 11 is 1.60. The van der Waals surface area contributed by atoms with Gasteiger partial charge in [-0.2, -0.15) is 0 Å². The van der Waals surface area contributed by atoms with Crippen LogP contribution in [0.1, 0.15) is 13.8 Å². The zero-order valence-corrected chi connectivity index (χ0v) is 14.9. The third kappa shape index (κ3) is 3.68. The normalized spacial score (nSPS) is 15.3. The maximum absolute atomic E-state index is 12.0. The molecule has 2 aliphatic rings. The van der Waals surface area contributed by atoms with E-state index in [1.807, 2.05) is 18.2 Å². The zero-order chi connectivity index (χ0) is 17.8. The van der Waals surface area contributed by atoms with E-state index in [4.69, 9.17) is 9.47 Å². The van der Waals surface area contributed by atoms with Crippen molar-refractivity contribution in [3.63, 3.8) is 0 Å². The lowest BCUT2D eigenvalue weighted by Gasteiger charge is -2.12. The summed E-state index contributed by atoms with van der Waals surface area (Å²) in [5.74, 6) is -2.47. The molecule has 0 aromatic heterocycles. The molecule has 0 saturated carbocycles. The molecule has 132 valence electrons. The largest absolute Gasteiger partial charge is 0.465 e. The number of nitrogens with zero attached hydrogens (tertiary/aromatic N) is 3. The number of amidine groups is 1. The maximum atomic E-state index is 12.0. The van der Waals surface area contributed by atoms with E-state index in [-0.39, 0.29) is 13.2 Å². The maximum Gasteiger partial charge on any atom is 0.325 e. The van der Waals surface area contributed by atoms with E-state index < -0.39 is 17.9 Å². The fraction of sp³-hybridized carbons (Fsp3) is 0.412. The monoisotopic (exact) mass is 361 g/mol. The van der Waals surface area contributed by atoms with Gasteiger partial charge < -0.3 is 14.4 Å². The fourth-order valence-electron chi connectivity index (χ4n) is 2.57. The minimum atomic E-state index is -1.16. The van der Waals surface area contributed by atoms with E-state index in [2.05, 4.69) is 14.9 Å². The average molecular weight is 361 g/mol. The Morgan fingerprint density at radius 3 is 2.72 bits per heavy atom. The first-order valence-electron chi connectivity index (χ1n) is 8.15. The lowest BCUT2D eigenvalue weighted by Crippen LogP contribution is -2.29. The van der Waals surface area contributed by atoms with Gasteiger partial charge in [-0.3, -0.25) is 19.6 Å². The molecule has 1 aromatic carbocycles. The second-order valence-corrected chi connectivity index (χ2v) is 6.34. The van der Waals surface area contributed by atoms with Gasteiger partial charge in [0.05, 0.1) is 31.1 Å². The summed E-state index contributed by atoms with van der Waals surface area (Å²) in [7, 11) is 0. The number of ether oxygens (including phenoxy) is 2. The summed E-state index contributed by atoms with van der Waals surface area (Å²) < 4.78 is 9.85. The Kier molecular flexibility index (Phi) is 5.37. The van der Waals surface area contributed by atoms with E-state index in [0.29, 0.717) is 5.69 Å². The van der Waals surface area contributed by atoms with Crippen molar-refractivity contribution >= 4 is 46.5 Å². The minimum absolute atomic E-state index is 0.190. The van der Waals surface area contributed by atoms with Crippen LogP contribution in [0.25, 0.3) is 0 Å². The Morgan fingerprint density at radius 2 is 2.04 bits per heavy atom. The van der Waals surface area contributed by atoms with Gasteiger partial charge in [-0.1, -0.05) is 0 Å². The number of benzene rings is 1. The van der Waals surface area contributed by atoms with Crippen LogP contribution in [0, 0.1) is 5.92 Å². The van der Waals surface area contributed by atoms with Gasteiger partial charge in [-0.05, 0) is 43.8 Å². The van der Waals surface area contributed by atoms with Crippen molar-refractivity contribution in [3.05, 3.63) is 18.2 Å². The summed E-state index contributed by atoms with van der Waals surface area (Å²) in [5.41, 5.74) is 1.78. The molecule has 0 fully saturated rings. The standard InChI is InChI=1S/C17H19N3O4S/c1-3-23-15(21)12(16(22)24-4-2)10-19-11-5-6-13-14(9-11)25-17-18-7-8-20(13)17/h5-6,9-10,12H,3-4,7-8H2,1-2H3. The van der Waals surface area contributed by atoms with Crippen molar-refractivity contribution in [2.45, 2.75) is 18.7 Å². The highest BCUT2D eigenvalue weighted by Gasteiger charge is 2.30. The number of anilines is 1. The van der Waals surface area contributed by atoms with Gasteiger partial charge in [0.15, 0.2) is 11.1 Å². The van der Waals surface area contributed by atoms with E-state index >= 15 is 0 Å². The smallest absolute Gasteiger partial charge is 0.325 e. The third-order valence-corrected chi connectivity index (χ3v) is 4.77. The Bertz CT molecular complexity index is 729. The van der Waals surface area contributed by atoms with Crippen LogP contribution >= 0.6 is 11.8 Å². The van der Waals surface area contributed by atoms with Crippen molar-refractivity contribution in [2.75, 3.05) is 31.2 Å². The summed E-state index contributed by atoms with van der Waals surface area (Å²) in [4.78, 5) is 35.9. The molecule has 0 spiro atoms. The molecule has 0 amide bonds. The number of hydrogen-bond donors (Lipinski definition) is 0. The number of hydrogen-bond acceptors (Lipinski definition) is 8. The van der Waals surface area contributed by atoms with Crippen molar-refractivity contribution in [3.8, 4) is 0 Å². The molecule has 0 bridgehead atoms. The van der Waals surface area contributed by atoms with Crippen LogP contribution in [0.3, 0.4) is 0 Å². The first kappa shape index (κ1) is 17.5. The summed E-state index contributed by atoms with van der Waals surface area (Å²) in [6, 6.07) is 5.75.